The number of hydrogen-bond acceptors (Lipinski definition) is 3. The summed E-state index contributed by atoms with van der Waals surface area (Å²) in [5, 5.41) is 17.1. The average molecular weight is 324 g/mol. The number of amides is 1. The molecule has 0 aromatic heterocycles. The molecule has 1 aliphatic carbocycles. The standard InChI is InChI=1S/C17H32N4O2/c1-4-18-16(19-12-17(23)8-5-6-9-17)20-14-7-10-21(11-14)15(22)13(2)3/h13-14,23H,4-12H2,1-3H3,(H2,18,19,20). The van der Waals surface area contributed by atoms with Gasteiger partial charge in [-0.25, -0.2) is 0 Å². The first-order chi connectivity index (χ1) is 10.9. The van der Waals surface area contributed by atoms with Gasteiger partial charge < -0.3 is 20.6 Å². The second-order valence-corrected chi connectivity index (χ2v) is 7.20. The fourth-order valence-corrected chi connectivity index (χ4v) is 3.37. The number of carbonyl (C=O) groups is 1. The Balaban J connectivity index is 1.88. The van der Waals surface area contributed by atoms with Crippen molar-refractivity contribution in [3.63, 3.8) is 0 Å². The number of nitrogens with one attached hydrogen (secondary N) is 2. The van der Waals surface area contributed by atoms with Crippen molar-refractivity contribution in [3.8, 4) is 0 Å². The highest BCUT2D eigenvalue weighted by Crippen LogP contribution is 2.29. The molecular formula is C17H32N4O2. The van der Waals surface area contributed by atoms with Crippen LogP contribution in [0.15, 0.2) is 4.99 Å². The summed E-state index contributed by atoms with van der Waals surface area (Å²) >= 11 is 0. The molecule has 2 fully saturated rings. The monoisotopic (exact) mass is 324 g/mol. The maximum Gasteiger partial charge on any atom is 0.225 e. The molecule has 23 heavy (non-hydrogen) atoms. The van der Waals surface area contributed by atoms with E-state index < -0.39 is 5.60 Å². The van der Waals surface area contributed by atoms with Crippen molar-refractivity contribution in [2.75, 3.05) is 26.2 Å². The van der Waals surface area contributed by atoms with Gasteiger partial charge in [0.25, 0.3) is 0 Å². The lowest BCUT2D eigenvalue weighted by Crippen LogP contribution is -2.46. The highest BCUT2D eigenvalue weighted by Gasteiger charge is 2.31. The lowest BCUT2D eigenvalue weighted by Gasteiger charge is -2.22. The predicted molar refractivity (Wildman–Crippen MR) is 92.4 cm³/mol. The highest BCUT2D eigenvalue weighted by atomic mass is 16.3. The predicted octanol–water partition coefficient (Wildman–Crippen LogP) is 1.10. The molecule has 0 bridgehead atoms. The second-order valence-electron chi connectivity index (χ2n) is 7.20. The van der Waals surface area contributed by atoms with E-state index in [2.05, 4.69) is 15.6 Å². The molecule has 1 aliphatic heterocycles. The molecule has 6 nitrogen and oxygen atoms in total. The van der Waals surface area contributed by atoms with Crippen LogP contribution in [0.4, 0.5) is 0 Å². The maximum atomic E-state index is 12.1. The van der Waals surface area contributed by atoms with Crippen LogP contribution >= 0.6 is 0 Å². The SMILES string of the molecule is CCNC(=NCC1(O)CCCC1)NC1CCN(C(=O)C(C)C)C1. The van der Waals surface area contributed by atoms with Crippen LogP contribution in [-0.4, -0.2) is 59.7 Å². The Hall–Kier alpha value is -1.30. The Morgan fingerprint density at radius 1 is 1.39 bits per heavy atom. The normalized spacial score (nSPS) is 24.3. The first-order valence-corrected chi connectivity index (χ1v) is 8.99. The average Bonchev–Trinajstić information content (AvgIpc) is 3.14. The molecule has 0 radical (unpaired) electrons. The van der Waals surface area contributed by atoms with Crippen molar-refractivity contribution in [2.45, 2.75) is 64.5 Å². The zero-order valence-electron chi connectivity index (χ0n) is 14.8. The summed E-state index contributed by atoms with van der Waals surface area (Å²) in [6, 6.07) is 0.230. The number of aliphatic imine (C=N–C) groups is 1. The Morgan fingerprint density at radius 3 is 2.70 bits per heavy atom. The van der Waals surface area contributed by atoms with E-state index in [9.17, 15) is 9.90 Å². The second kappa shape index (κ2) is 7.99. The molecule has 1 atom stereocenters. The van der Waals surface area contributed by atoms with Crippen LogP contribution in [0.2, 0.25) is 0 Å². The zero-order chi connectivity index (χ0) is 16.9. The minimum atomic E-state index is -0.627. The maximum absolute atomic E-state index is 12.1. The molecule has 1 heterocycles. The number of guanidine groups is 1. The van der Waals surface area contributed by atoms with Crippen molar-refractivity contribution in [1.82, 2.24) is 15.5 Å². The van der Waals surface area contributed by atoms with Crippen LogP contribution in [0.1, 0.15) is 52.9 Å². The molecule has 1 saturated carbocycles. The van der Waals surface area contributed by atoms with Gasteiger partial charge in [0.15, 0.2) is 5.96 Å². The first kappa shape index (κ1) is 18.0. The van der Waals surface area contributed by atoms with Crippen molar-refractivity contribution in [2.24, 2.45) is 10.9 Å². The summed E-state index contributed by atoms with van der Waals surface area (Å²) < 4.78 is 0. The van der Waals surface area contributed by atoms with E-state index in [4.69, 9.17) is 0 Å². The minimum Gasteiger partial charge on any atom is -0.388 e. The number of nitrogens with zero attached hydrogens (tertiary/aromatic N) is 2. The molecule has 2 aliphatic rings. The number of rotatable bonds is 5. The fraction of sp³-hybridized carbons (Fsp3) is 0.882. The number of carbonyl (C=O) groups excluding carboxylic acids is 1. The molecule has 132 valence electrons. The molecular weight excluding hydrogens is 292 g/mol. The summed E-state index contributed by atoms with van der Waals surface area (Å²) in [4.78, 5) is 18.6. The number of aliphatic hydroxyl groups is 1. The molecule has 2 rings (SSSR count). The van der Waals surface area contributed by atoms with E-state index in [-0.39, 0.29) is 17.9 Å². The molecule has 0 aromatic carbocycles. The summed E-state index contributed by atoms with van der Waals surface area (Å²) in [5.74, 6) is 1.01. The number of likely N-dealkylation sites (tertiary alicyclic amines) is 1. The van der Waals surface area contributed by atoms with Gasteiger partial charge in [-0.15, -0.1) is 0 Å². The lowest BCUT2D eigenvalue weighted by atomic mass is 10.0. The molecule has 1 saturated heterocycles. The van der Waals surface area contributed by atoms with E-state index in [1.54, 1.807) is 0 Å². The van der Waals surface area contributed by atoms with Crippen molar-refractivity contribution >= 4 is 11.9 Å². The van der Waals surface area contributed by atoms with Gasteiger partial charge in [0.2, 0.25) is 5.91 Å². The third-order valence-corrected chi connectivity index (χ3v) is 4.74. The summed E-state index contributed by atoms with van der Waals surface area (Å²) in [6.07, 6.45) is 4.80. The topological polar surface area (TPSA) is 77.0 Å². The first-order valence-electron chi connectivity index (χ1n) is 8.99. The van der Waals surface area contributed by atoms with Gasteiger partial charge in [0, 0.05) is 31.6 Å². The molecule has 6 heteroatoms. The van der Waals surface area contributed by atoms with Gasteiger partial charge in [0.1, 0.15) is 0 Å². The van der Waals surface area contributed by atoms with Gasteiger partial charge in [-0.2, -0.15) is 0 Å². The highest BCUT2D eigenvalue weighted by molar-refractivity contribution is 5.81. The van der Waals surface area contributed by atoms with Gasteiger partial charge >= 0.3 is 0 Å². The van der Waals surface area contributed by atoms with Gasteiger partial charge in [-0.05, 0) is 26.2 Å². The Morgan fingerprint density at radius 2 is 2.09 bits per heavy atom. The Labute approximate surface area is 139 Å². The van der Waals surface area contributed by atoms with Crippen molar-refractivity contribution in [3.05, 3.63) is 0 Å². The zero-order valence-corrected chi connectivity index (χ0v) is 14.8. The molecule has 1 amide bonds. The molecule has 0 aromatic rings. The summed E-state index contributed by atoms with van der Waals surface area (Å²) in [6.45, 7) is 8.68. The third kappa shape index (κ3) is 5.09. The van der Waals surface area contributed by atoms with Gasteiger partial charge in [-0.3, -0.25) is 9.79 Å². The Kier molecular flexibility index (Phi) is 6.27. The largest absolute Gasteiger partial charge is 0.388 e. The van der Waals surface area contributed by atoms with E-state index in [1.807, 2.05) is 25.7 Å². The number of hydrogen-bond donors (Lipinski definition) is 3. The van der Waals surface area contributed by atoms with Crippen molar-refractivity contribution < 1.29 is 9.90 Å². The molecule has 1 unspecified atom stereocenters. The van der Waals surface area contributed by atoms with E-state index in [1.165, 1.54) is 0 Å². The lowest BCUT2D eigenvalue weighted by molar-refractivity contribution is -0.133. The van der Waals surface area contributed by atoms with E-state index >= 15 is 0 Å². The van der Waals surface area contributed by atoms with Crippen LogP contribution in [0.25, 0.3) is 0 Å². The van der Waals surface area contributed by atoms with Crippen LogP contribution in [0.3, 0.4) is 0 Å². The van der Waals surface area contributed by atoms with Crippen molar-refractivity contribution in [1.29, 1.82) is 0 Å². The van der Waals surface area contributed by atoms with E-state index in [0.717, 1.165) is 57.7 Å². The Bertz CT molecular complexity index is 430. The van der Waals surface area contributed by atoms with Crippen LogP contribution < -0.4 is 10.6 Å². The molecule has 3 N–H and O–H groups in total. The minimum absolute atomic E-state index is 0.0484. The van der Waals surface area contributed by atoms with Gasteiger partial charge in [-0.1, -0.05) is 26.7 Å². The van der Waals surface area contributed by atoms with Crippen LogP contribution in [0, 0.1) is 5.92 Å². The van der Waals surface area contributed by atoms with Crippen LogP contribution in [0.5, 0.6) is 0 Å². The fourth-order valence-electron chi connectivity index (χ4n) is 3.37. The smallest absolute Gasteiger partial charge is 0.225 e. The summed E-state index contributed by atoms with van der Waals surface area (Å²) in [7, 11) is 0. The quantitative estimate of drug-likeness (QED) is 0.523. The third-order valence-electron chi connectivity index (χ3n) is 4.74. The van der Waals surface area contributed by atoms with Crippen LogP contribution in [-0.2, 0) is 4.79 Å². The van der Waals surface area contributed by atoms with Gasteiger partial charge in [0.05, 0.1) is 12.1 Å². The summed E-state index contributed by atoms with van der Waals surface area (Å²) in [5.41, 5.74) is -0.627. The molecule has 0 spiro atoms. The van der Waals surface area contributed by atoms with E-state index in [0.29, 0.717) is 6.54 Å².